The van der Waals surface area contributed by atoms with Gasteiger partial charge in [0.25, 0.3) is 0 Å². The first-order valence-corrected chi connectivity index (χ1v) is 11.6. The number of rotatable bonds is 12. The zero-order chi connectivity index (χ0) is 23.6. The van der Waals surface area contributed by atoms with Gasteiger partial charge in [0, 0.05) is 38.3 Å². The summed E-state index contributed by atoms with van der Waals surface area (Å²) in [5, 5.41) is 5.38. The predicted octanol–water partition coefficient (Wildman–Crippen LogP) is 2.58. The molecule has 0 saturated carbocycles. The fraction of sp³-hybridized carbons (Fsp3) is 0.304. The fourth-order valence-electron chi connectivity index (χ4n) is 2.96. The average molecular weight is 460 g/mol. The molecule has 0 heterocycles. The molecule has 0 bridgehead atoms. The number of nitrogens with zero attached hydrogens (tertiary/aromatic N) is 1. The summed E-state index contributed by atoms with van der Waals surface area (Å²) in [6.45, 7) is 3.90. The predicted molar refractivity (Wildman–Crippen MR) is 124 cm³/mol. The van der Waals surface area contributed by atoms with E-state index in [2.05, 4.69) is 17.2 Å². The van der Waals surface area contributed by atoms with Crippen molar-refractivity contribution in [3.63, 3.8) is 0 Å². The van der Waals surface area contributed by atoms with E-state index in [0.29, 0.717) is 31.5 Å². The summed E-state index contributed by atoms with van der Waals surface area (Å²) in [5.74, 6) is -0.346. The first-order chi connectivity index (χ1) is 15.3. The van der Waals surface area contributed by atoms with Gasteiger partial charge in [-0.25, -0.2) is 12.7 Å². The molecule has 0 aliphatic carbocycles. The van der Waals surface area contributed by atoms with Crippen LogP contribution in [0.4, 0.5) is 5.69 Å². The quantitative estimate of drug-likeness (QED) is 0.375. The van der Waals surface area contributed by atoms with Gasteiger partial charge in [0.05, 0.1) is 7.11 Å². The van der Waals surface area contributed by atoms with E-state index < -0.39 is 10.0 Å². The highest BCUT2D eigenvalue weighted by molar-refractivity contribution is 7.89. The van der Waals surface area contributed by atoms with Gasteiger partial charge in [-0.3, -0.25) is 9.59 Å². The Labute approximate surface area is 189 Å². The van der Waals surface area contributed by atoms with Gasteiger partial charge in [0.2, 0.25) is 21.8 Å². The Morgan fingerprint density at radius 1 is 1.16 bits per heavy atom. The smallest absolute Gasteiger partial charge is 0.246 e. The molecule has 0 aromatic heterocycles. The maximum Gasteiger partial charge on any atom is 0.246 e. The molecule has 2 rings (SSSR count). The number of sulfonamides is 1. The minimum Gasteiger partial charge on any atom is -0.495 e. The highest BCUT2D eigenvalue weighted by atomic mass is 32.2. The summed E-state index contributed by atoms with van der Waals surface area (Å²) in [6.07, 6.45) is 2.51. The molecule has 0 spiro atoms. The second-order valence-corrected chi connectivity index (χ2v) is 9.09. The van der Waals surface area contributed by atoms with Gasteiger partial charge in [-0.05, 0) is 36.6 Å². The van der Waals surface area contributed by atoms with Gasteiger partial charge in [-0.15, -0.1) is 0 Å². The number of nitrogens with one attached hydrogen (secondary N) is 2. The molecule has 2 aromatic rings. The van der Waals surface area contributed by atoms with Crippen molar-refractivity contribution >= 4 is 27.5 Å². The van der Waals surface area contributed by atoms with Crippen LogP contribution in [0, 0.1) is 0 Å². The van der Waals surface area contributed by atoms with Crippen molar-refractivity contribution in [2.75, 3.05) is 32.6 Å². The van der Waals surface area contributed by atoms with Gasteiger partial charge >= 0.3 is 0 Å². The lowest BCUT2D eigenvalue weighted by Crippen LogP contribution is -2.31. The maximum absolute atomic E-state index is 12.9. The molecule has 32 heavy (non-hydrogen) atoms. The molecule has 9 heteroatoms. The van der Waals surface area contributed by atoms with Crippen molar-refractivity contribution in [1.82, 2.24) is 9.62 Å². The summed E-state index contributed by atoms with van der Waals surface area (Å²) in [6, 6.07) is 14.1. The zero-order valence-electron chi connectivity index (χ0n) is 18.3. The van der Waals surface area contributed by atoms with Crippen LogP contribution in [0.3, 0.4) is 0 Å². The molecular weight excluding hydrogens is 430 g/mol. The van der Waals surface area contributed by atoms with Crippen LogP contribution >= 0.6 is 0 Å². The lowest BCUT2D eigenvalue weighted by molar-refractivity contribution is -0.117. The molecule has 8 nitrogen and oxygen atoms in total. The van der Waals surface area contributed by atoms with E-state index in [0.717, 1.165) is 11.6 Å². The molecule has 2 aromatic carbocycles. The van der Waals surface area contributed by atoms with Crippen LogP contribution in [-0.2, 0) is 26.0 Å². The topological polar surface area (TPSA) is 105 Å². The van der Waals surface area contributed by atoms with Crippen molar-refractivity contribution in [3.05, 3.63) is 66.7 Å². The van der Waals surface area contributed by atoms with Crippen LogP contribution < -0.4 is 15.4 Å². The minimum absolute atomic E-state index is 0.0000818. The van der Waals surface area contributed by atoms with Crippen LogP contribution in [0.2, 0.25) is 0 Å². The van der Waals surface area contributed by atoms with Crippen molar-refractivity contribution in [2.24, 2.45) is 0 Å². The van der Waals surface area contributed by atoms with E-state index in [1.54, 1.807) is 0 Å². The third-order valence-corrected chi connectivity index (χ3v) is 6.65. The molecule has 172 valence electrons. The van der Waals surface area contributed by atoms with Crippen LogP contribution in [0.5, 0.6) is 5.75 Å². The summed E-state index contributed by atoms with van der Waals surface area (Å²) < 4.78 is 32.4. The van der Waals surface area contributed by atoms with E-state index in [1.807, 2.05) is 30.3 Å². The number of benzene rings is 2. The number of anilines is 1. The fourth-order valence-corrected chi connectivity index (χ4v) is 4.30. The normalized spacial score (nSPS) is 11.1. The minimum atomic E-state index is -3.82. The third-order valence-electron chi connectivity index (χ3n) is 4.75. The number of carbonyl (C=O) groups is 2. The molecular formula is C23H29N3O5S. The van der Waals surface area contributed by atoms with Crippen LogP contribution in [-0.4, -0.2) is 51.8 Å². The third kappa shape index (κ3) is 7.21. The van der Waals surface area contributed by atoms with Gasteiger partial charge in [-0.1, -0.05) is 36.9 Å². The Morgan fingerprint density at radius 3 is 2.53 bits per heavy atom. The highest BCUT2D eigenvalue weighted by Gasteiger charge is 2.25. The van der Waals surface area contributed by atoms with E-state index in [4.69, 9.17) is 4.74 Å². The molecule has 0 saturated heterocycles. The Kier molecular flexibility index (Phi) is 9.42. The first-order valence-electron chi connectivity index (χ1n) is 10.2. The van der Waals surface area contributed by atoms with Crippen molar-refractivity contribution < 1.29 is 22.7 Å². The number of hydrogen-bond acceptors (Lipinski definition) is 5. The number of methoxy groups -OCH3 is 1. The molecule has 0 aliphatic rings. The van der Waals surface area contributed by atoms with Gasteiger partial charge in [-0.2, -0.15) is 0 Å². The number of ether oxygens (including phenoxy) is 1. The van der Waals surface area contributed by atoms with E-state index >= 15 is 0 Å². The Bertz CT molecular complexity index is 1040. The van der Waals surface area contributed by atoms with Crippen LogP contribution in [0.25, 0.3) is 0 Å². The summed E-state index contributed by atoms with van der Waals surface area (Å²) in [5.41, 5.74) is 1.52. The second-order valence-electron chi connectivity index (χ2n) is 7.07. The number of amides is 2. The number of hydrogen-bond donors (Lipinski definition) is 2. The zero-order valence-corrected chi connectivity index (χ0v) is 19.2. The molecule has 0 radical (unpaired) electrons. The second kappa shape index (κ2) is 12.0. The van der Waals surface area contributed by atoms with Gasteiger partial charge in [0.15, 0.2) is 0 Å². The lowest BCUT2D eigenvalue weighted by atomic mass is 10.1. The monoisotopic (exact) mass is 459 g/mol. The molecule has 2 N–H and O–H groups in total. The summed E-state index contributed by atoms with van der Waals surface area (Å²) >= 11 is 0. The Morgan fingerprint density at radius 2 is 1.88 bits per heavy atom. The van der Waals surface area contributed by atoms with E-state index in [-0.39, 0.29) is 29.0 Å². The van der Waals surface area contributed by atoms with Crippen molar-refractivity contribution in [3.8, 4) is 5.75 Å². The first kappa shape index (κ1) is 25.1. The number of carbonyl (C=O) groups excluding carboxylic acids is 2. The van der Waals surface area contributed by atoms with Crippen LogP contribution in [0.15, 0.2) is 66.1 Å². The largest absolute Gasteiger partial charge is 0.495 e. The lowest BCUT2D eigenvalue weighted by Gasteiger charge is -2.19. The van der Waals surface area contributed by atoms with Crippen LogP contribution in [0.1, 0.15) is 18.4 Å². The standard InChI is InChI=1S/C23H29N3O5S/c1-4-22(27)24-15-8-16-26(2)32(29,30)21-13-12-19(17-20(21)31-3)25-23(28)14-11-18-9-6-5-7-10-18/h4-7,9-10,12-13,17H,1,8,11,14-16H2,2-3H3,(H,24,27)(H,25,28). The van der Waals surface area contributed by atoms with Gasteiger partial charge < -0.3 is 15.4 Å². The summed E-state index contributed by atoms with van der Waals surface area (Å²) in [7, 11) is -0.980. The molecule has 2 amide bonds. The van der Waals surface area contributed by atoms with Crippen molar-refractivity contribution in [2.45, 2.75) is 24.2 Å². The average Bonchev–Trinajstić information content (AvgIpc) is 2.80. The maximum atomic E-state index is 12.9. The van der Waals surface area contributed by atoms with E-state index in [9.17, 15) is 18.0 Å². The molecule has 0 fully saturated rings. The summed E-state index contributed by atoms with van der Waals surface area (Å²) in [4.78, 5) is 23.4. The Hall–Kier alpha value is -3.17. The Balaban J connectivity index is 2.00. The van der Waals surface area contributed by atoms with Gasteiger partial charge in [0.1, 0.15) is 10.6 Å². The molecule has 0 aliphatic heterocycles. The molecule has 0 unspecified atom stereocenters. The van der Waals surface area contributed by atoms with Crippen molar-refractivity contribution in [1.29, 1.82) is 0 Å². The van der Waals surface area contributed by atoms with E-state index in [1.165, 1.54) is 36.7 Å². The SMILES string of the molecule is C=CC(=O)NCCCN(C)S(=O)(=O)c1ccc(NC(=O)CCc2ccccc2)cc1OC. The number of aryl methyl sites for hydroxylation is 1. The highest BCUT2D eigenvalue weighted by Crippen LogP contribution is 2.29. The molecule has 0 atom stereocenters.